The topological polar surface area (TPSA) is 81.0 Å². The fraction of sp³-hybridized carbons (Fsp3) is 0.538. The number of rotatable bonds is 7. The van der Waals surface area contributed by atoms with Crippen LogP contribution in [0.3, 0.4) is 0 Å². The van der Waals surface area contributed by atoms with Crippen molar-refractivity contribution >= 4 is 11.9 Å². The standard InChI is InChI=1S/C13H19N7O/c1-14-11-16-12(19-6-5-15-9-19)18-13(17-11)20(7-8-21-2)10-3-4-10/h5-6,9-10H,3-4,7-8H2,1-2H3,(H,14,16,17,18). The summed E-state index contributed by atoms with van der Waals surface area (Å²) in [6.07, 6.45) is 7.53. The van der Waals surface area contributed by atoms with Crippen molar-refractivity contribution in [2.45, 2.75) is 18.9 Å². The summed E-state index contributed by atoms with van der Waals surface area (Å²) < 4.78 is 6.96. The molecular weight excluding hydrogens is 270 g/mol. The van der Waals surface area contributed by atoms with E-state index >= 15 is 0 Å². The predicted octanol–water partition coefficient (Wildman–Crippen LogP) is 0.714. The Kier molecular flexibility index (Phi) is 3.96. The Morgan fingerprint density at radius 3 is 2.86 bits per heavy atom. The van der Waals surface area contributed by atoms with E-state index in [4.69, 9.17) is 4.74 Å². The first kappa shape index (κ1) is 13.7. The average Bonchev–Trinajstić information content (AvgIpc) is 3.20. The van der Waals surface area contributed by atoms with Gasteiger partial charge in [-0.15, -0.1) is 0 Å². The lowest BCUT2D eigenvalue weighted by atomic mass is 10.5. The van der Waals surface area contributed by atoms with Gasteiger partial charge in [-0.05, 0) is 12.8 Å². The predicted molar refractivity (Wildman–Crippen MR) is 78.7 cm³/mol. The highest BCUT2D eigenvalue weighted by Gasteiger charge is 2.31. The number of aromatic nitrogens is 5. The van der Waals surface area contributed by atoms with E-state index in [-0.39, 0.29) is 0 Å². The lowest BCUT2D eigenvalue weighted by Crippen LogP contribution is -2.31. The number of nitrogens with zero attached hydrogens (tertiary/aromatic N) is 6. The van der Waals surface area contributed by atoms with Gasteiger partial charge in [0.05, 0.1) is 6.61 Å². The van der Waals surface area contributed by atoms with E-state index < -0.39 is 0 Å². The minimum Gasteiger partial charge on any atom is -0.383 e. The first-order chi connectivity index (χ1) is 10.3. The minimum atomic E-state index is 0.503. The fourth-order valence-corrected chi connectivity index (χ4v) is 2.11. The van der Waals surface area contributed by atoms with Crippen LogP contribution in [-0.4, -0.2) is 57.9 Å². The molecule has 0 bridgehead atoms. The molecule has 0 atom stereocenters. The van der Waals surface area contributed by atoms with Gasteiger partial charge in [0.25, 0.3) is 0 Å². The van der Waals surface area contributed by atoms with Crippen molar-refractivity contribution in [1.82, 2.24) is 24.5 Å². The van der Waals surface area contributed by atoms with Gasteiger partial charge in [-0.1, -0.05) is 0 Å². The molecule has 2 aromatic heterocycles. The Balaban J connectivity index is 1.94. The first-order valence-corrected chi connectivity index (χ1v) is 6.99. The van der Waals surface area contributed by atoms with Gasteiger partial charge in [-0.3, -0.25) is 4.57 Å². The number of anilines is 2. The van der Waals surface area contributed by atoms with E-state index in [9.17, 15) is 0 Å². The second-order valence-electron chi connectivity index (χ2n) is 4.90. The van der Waals surface area contributed by atoms with Crippen molar-refractivity contribution in [2.75, 3.05) is 37.5 Å². The van der Waals surface area contributed by atoms with Crippen LogP contribution in [0.4, 0.5) is 11.9 Å². The van der Waals surface area contributed by atoms with Crippen LogP contribution in [0.2, 0.25) is 0 Å². The molecule has 8 nitrogen and oxygen atoms in total. The first-order valence-electron chi connectivity index (χ1n) is 6.99. The summed E-state index contributed by atoms with van der Waals surface area (Å²) in [5.74, 6) is 1.79. The average molecular weight is 289 g/mol. The number of ether oxygens (including phenoxy) is 1. The van der Waals surface area contributed by atoms with E-state index in [0.717, 1.165) is 6.54 Å². The Hall–Kier alpha value is -2.22. The fourth-order valence-electron chi connectivity index (χ4n) is 2.11. The molecule has 1 saturated carbocycles. The maximum Gasteiger partial charge on any atom is 0.241 e. The normalized spacial score (nSPS) is 14.2. The molecule has 1 N–H and O–H groups in total. The van der Waals surface area contributed by atoms with E-state index in [1.54, 1.807) is 31.2 Å². The number of hydrogen-bond acceptors (Lipinski definition) is 7. The van der Waals surface area contributed by atoms with Gasteiger partial charge in [-0.25, -0.2) is 4.98 Å². The number of methoxy groups -OCH3 is 1. The van der Waals surface area contributed by atoms with Gasteiger partial charge >= 0.3 is 0 Å². The van der Waals surface area contributed by atoms with E-state index in [0.29, 0.717) is 30.5 Å². The van der Waals surface area contributed by atoms with Crippen LogP contribution in [0.25, 0.3) is 5.95 Å². The molecule has 0 amide bonds. The zero-order valence-corrected chi connectivity index (χ0v) is 12.2. The summed E-state index contributed by atoms with van der Waals surface area (Å²) in [6.45, 7) is 1.43. The molecule has 3 rings (SSSR count). The van der Waals surface area contributed by atoms with Gasteiger partial charge in [0.2, 0.25) is 17.8 Å². The van der Waals surface area contributed by atoms with Crippen LogP contribution in [0.15, 0.2) is 18.7 Å². The molecular formula is C13H19N7O. The zero-order valence-electron chi connectivity index (χ0n) is 12.2. The highest BCUT2D eigenvalue weighted by molar-refractivity contribution is 5.42. The Morgan fingerprint density at radius 1 is 1.38 bits per heavy atom. The Morgan fingerprint density at radius 2 is 2.24 bits per heavy atom. The second-order valence-corrected chi connectivity index (χ2v) is 4.90. The van der Waals surface area contributed by atoms with Crippen LogP contribution in [-0.2, 0) is 4.74 Å². The van der Waals surface area contributed by atoms with Crippen molar-refractivity contribution in [1.29, 1.82) is 0 Å². The highest BCUT2D eigenvalue weighted by Crippen LogP contribution is 2.30. The molecule has 112 valence electrons. The summed E-state index contributed by atoms with van der Waals surface area (Å²) in [5, 5.41) is 2.99. The molecule has 2 aromatic rings. The third kappa shape index (κ3) is 3.10. The molecule has 0 unspecified atom stereocenters. The van der Waals surface area contributed by atoms with Crippen LogP contribution in [0, 0.1) is 0 Å². The summed E-state index contributed by atoms with van der Waals surface area (Å²) in [4.78, 5) is 19.6. The van der Waals surface area contributed by atoms with Crippen LogP contribution in [0.1, 0.15) is 12.8 Å². The van der Waals surface area contributed by atoms with Gasteiger partial charge in [0.15, 0.2) is 0 Å². The SMILES string of the molecule is CNc1nc(N(CCOC)C2CC2)nc(-n2ccnc2)n1. The van der Waals surface area contributed by atoms with Gasteiger partial charge in [-0.2, -0.15) is 15.0 Å². The molecule has 21 heavy (non-hydrogen) atoms. The largest absolute Gasteiger partial charge is 0.383 e. The van der Waals surface area contributed by atoms with E-state index in [1.165, 1.54) is 12.8 Å². The molecule has 0 spiro atoms. The maximum atomic E-state index is 5.19. The van der Waals surface area contributed by atoms with Crippen molar-refractivity contribution < 1.29 is 4.74 Å². The van der Waals surface area contributed by atoms with Gasteiger partial charge in [0.1, 0.15) is 6.33 Å². The summed E-state index contributed by atoms with van der Waals surface area (Å²) >= 11 is 0. The van der Waals surface area contributed by atoms with Crippen LogP contribution in [0.5, 0.6) is 0 Å². The molecule has 0 radical (unpaired) electrons. The van der Waals surface area contributed by atoms with Crippen molar-refractivity contribution in [3.05, 3.63) is 18.7 Å². The highest BCUT2D eigenvalue weighted by atomic mass is 16.5. The molecule has 0 saturated heterocycles. The zero-order chi connectivity index (χ0) is 14.7. The van der Waals surface area contributed by atoms with Crippen molar-refractivity contribution in [3.8, 4) is 5.95 Å². The van der Waals surface area contributed by atoms with Crippen molar-refractivity contribution in [2.24, 2.45) is 0 Å². The molecule has 1 aliphatic carbocycles. The smallest absolute Gasteiger partial charge is 0.241 e. The number of nitrogens with one attached hydrogen (secondary N) is 1. The summed E-state index contributed by atoms with van der Waals surface area (Å²) in [7, 11) is 3.50. The third-order valence-electron chi connectivity index (χ3n) is 3.35. The number of imidazole rings is 1. The quantitative estimate of drug-likeness (QED) is 0.804. The summed E-state index contributed by atoms with van der Waals surface area (Å²) in [5.41, 5.74) is 0. The lowest BCUT2D eigenvalue weighted by molar-refractivity contribution is 0.204. The second kappa shape index (κ2) is 6.04. The van der Waals surface area contributed by atoms with Gasteiger partial charge in [0, 0.05) is 39.1 Å². The molecule has 2 heterocycles. The molecule has 1 aliphatic rings. The Bertz CT molecular complexity index is 582. The number of hydrogen-bond donors (Lipinski definition) is 1. The monoisotopic (exact) mass is 289 g/mol. The molecule has 0 aromatic carbocycles. The van der Waals surface area contributed by atoms with Gasteiger partial charge < -0.3 is 15.0 Å². The maximum absolute atomic E-state index is 5.19. The molecule has 0 aliphatic heterocycles. The molecule has 1 fully saturated rings. The Labute approximate surface area is 123 Å². The lowest BCUT2D eigenvalue weighted by Gasteiger charge is -2.22. The summed E-state index contributed by atoms with van der Waals surface area (Å²) in [6, 6.07) is 0.503. The van der Waals surface area contributed by atoms with Crippen LogP contribution < -0.4 is 10.2 Å². The molecule has 8 heteroatoms. The van der Waals surface area contributed by atoms with E-state index in [1.807, 2.05) is 6.20 Å². The van der Waals surface area contributed by atoms with E-state index in [2.05, 4.69) is 30.2 Å². The third-order valence-corrected chi connectivity index (χ3v) is 3.35. The van der Waals surface area contributed by atoms with Crippen molar-refractivity contribution in [3.63, 3.8) is 0 Å². The van der Waals surface area contributed by atoms with Crippen LogP contribution >= 0.6 is 0 Å². The minimum absolute atomic E-state index is 0.503.